The van der Waals surface area contributed by atoms with Crippen molar-refractivity contribution in [3.63, 3.8) is 0 Å². The number of carbonyl (C=O) groups is 2. The maximum Gasteiger partial charge on any atom is 0.407 e. The average Bonchev–Trinajstić information content (AvgIpc) is 3.78. The highest BCUT2D eigenvalue weighted by molar-refractivity contribution is 6.32. The molecular formula is C30H28ClF4N9O3. The number of ether oxygens (including phenoxy) is 1. The molecule has 2 amide bonds. The van der Waals surface area contributed by atoms with Crippen molar-refractivity contribution in [2.45, 2.75) is 44.3 Å². The smallest absolute Gasteiger partial charge is 0.407 e. The molecule has 0 unspecified atom stereocenters. The second kappa shape index (κ2) is 12.7. The van der Waals surface area contributed by atoms with Gasteiger partial charge in [0, 0.05) is 30.4 Å². The number of aromatic nitrogens is 5. The molecule has 0 aliphatic heterocycles. The molecule has 2 aliphatic carbocycles. The number of nitrogens with two attached hydrogens (primary N) is 1. The number of guanidine groups is 1. The standard InChI is InChI=1S/C30H28ClF4N9O3/c1-37-28(36)43(26(45)17-4-2-16(3-5-17)19-12-39-42(13-19)27(34)35)22(14-47-29(46)41-23-11-30(23)8-9-30)18-6-7-20(31)21(10-18)44-25(24(32)33)38-15-40-44/h2-7,10,12-13,15,22-24,27H,8-9,11,14H2,1H3,(H2,36,37)(H,41,46)/t22-,23+/m1/s1. The summed E-state index contributed by atoms with van der Waals surface area (Å²) >= 11 is 6.40. The summed E-state index contributed by atoms with van der Waals surface area (Å²) in [6, 6.07) is 9.31. The van der Waals surface area contributed by atoms with E-state index in [0.29, 0.717) is 21.4 Å². The van der Waals surface area contributed by atoms with Crippen LogP contribution in [0.25, 0.3) is 16.8 Å². The minimum absolute atomic E-state index is 0.0157. The molecule has 246 valence electrons. The van der Waals surface area contributed by atoms with Crippen molar-refractivity contribution < 1.29 is 31.9 Å². The average molecular weight is 674 g/mol. The Morgan fingerprint density at radius 3 is 2.51 bits per heavy atom. The van der Waals surface area contributed by atoms with E-state index < -0.39 is 43.4 Å². The van der Waals surface area contributed by atoms with E-state index in [4.69, 9.17) is 22.1 Å². The van der Waals surface area contributed by atoms with Crippen molar-refractivity contribution in [2.75, 3.05) is 13.7 Å². The zero-order chi connectivity index (χ0) is 33.5. The minimum atomic E-state index is -2.97. The van der Waals surface area contributed by atoms with Gasteiger partial charge < -0.3 is 15.8 Å². The van der Waals surface area contributed by atoms with Crippen LogP contribution < -0.4 is 11.1 Å². The molecule has 0 bridgehead atoms. The number of alkyl halides is 4. The molecule has 0 radical (unpaired) electrons. The van der Waals surface area contributed by atoms with Crippen LogP contribution in [0, 0.1) is 5.41 Å². The molecule has 6 rings (SSSR count). The van der Waals surface area contributed by atoms with Gasteiger partial charge in [0.05, 0.1) is 22.9 Å². The quantitative estimate of drug-likeness (QED) is 0.128. The lowest BCUT2D eigenvalue weighted by Gasteiger charge is -2.31. The fourth-order valence-electron chi connectivity index (χ4n) is 5.46. The molecule has 17 heteroatoms. The van der Waals surface area contributed by atoms with Crippen LogP contribution in [0.5, 0.6) is 0 Å². The molecule has 12 nitrogen and oxygen atoms in total. The van der Waals surface area contributed by atoms with Gasteiger partial charge in [-0.15, -0.1) is 0 Å². The molecular weight excluding hydrogens is 646 g/mol. The Morgan fingerprint density at radius 2 is 1.89 bits per heavy atom. The third-order valence-corrected chi connectivity index (χ3v) is 8.69. The van der Waals surface area contributed by atoms with Crippen molar-refractivity contribution >= 4 is 29.6 Å². The fourth-order valence-corrected chi connectivity index (χ4v) is 5.66. The van der Waals surface area contributed by atoms with Crippen LogP contribution in [0.4, 0.5) is 22.4 Å². The Balaban J connectivity index is 1.34. The van der Waals surface area contributed by atoms with Gasteiger partial charge in [-0.1, -0.05) is 29.8 Å². The third kappa shape index (κ3) is 6.50. The zero-order valence-corrected chi connectivity index (χ0v) is 25.5. The first-order chi connectivity index (χ1) is 22.5. The number of hydrogen-bond acceptors (Lipinski definition) is 7. The van der Waals surface area contributed by atoms with Gasteiger partial charge in [-0.25, -0.2) is 27.9 Å². The van der Waals surface area contributed by atoms with E-state index in [0.717, 1.165) is 35.2 Å². The summed E-state index contributed by atoms with van der Waals surface area (Å²) in [7, 11) is 1.36. The highest BCUT2D eigenvalue weighted by Gasteiger charge is 2.63. The number of aliphatic imine (C=N–C) groups is 1. The molecule has 47 heavy (non-hydrogen) atoms. The number of nitrogens with zero attached hydrogens (tertiary/aromatic N) is 7. The van der Waals surface area contributed by atoms with E-state index >= 15 is 0 Å². The lowest BCUT2D eigenvalue weighted by molar-refractivity contribution is 0.0566. The third-order valence-electron chi connectivity index (χ3n) is 8.37. The van der Waals surface area contributed by atoms with Gasteiger partial charge in [0.1, 0.15) is 12.9 Å². The second-order valence-electron chi connectivity index (χ2n) is 11.2. The lowest BCUT2D eigenvalue weighted by Crippen LogP contribution is -2.46. The summed E-state index contributed by atoms with van der Waals surface area (Å²) < 4.78 is 60.4. The summed E-state index contributed by atoms with van der Waals surface area (Å²) in [5.74, 6) is -1.55. The summed E-state index contributed by atoms with van der Waals surface area (Å²) in [4.78, 5) is 35.6. The Labute approximate surface area is 270 Å². The maximum absolute atomic E-state index is 14.1. The molecule has 1 spiro atoms. The van der Waals surface area contributed by atoms with Gasteiger partial charge >= 0.3 is 12.6 Å². The first kappa shape index (κ1) is 32.0. The number of alkyl carbamates (subject to hydrolysis) is 1. The molecule has 2 heterocycles. The van der Waals surface area contributed by atoms with Crippen LogP contribution in [-0.2, 0) is 4.74 Å². The fraction of sp³-hybridized carbons (Fsp3) is 0.333. The molecule has 2 aromatic carbocycles. The van der Waals surface area contributed by atoms with Crippen LogP contribution in [0.2, 0.25) is 5.02 Å². The highest BCUT2D eigenvalue weighted by Crippen LogP contribution is 2.65. The molecule has 2 aliphatic rings. The van der Waals surface area contributed by atoms with Gasteiger partial charge in [-0.2, -0.15) is 19.0 Å². The summed E-state index contributed by atoms with van der Waals surface area (Å²) in [6.45, 7) is -3.21. The van der Waals surface area contributed by atoms with E-state index in [1.54, 1.807) is 12.1 Å². The molecule has 3 N–H and O–H groups in total. The van der Waals surface area contributed by atoms with Crippen LogP contribution in [0.15, 0.2) is 66.2 Å². The minimum Gasteiger partial charge on any atom is -0.447 e. The van der Waals surface area contributed by atoms with Crippen LogP contribution in [0.3, 0.4) is 0 Å². The second-order valence-corrected chi connectivity index (χ2v) is 11.6. The maximum atomic E-state index is 14.1. The Hall–Kier alpha value is -4.99. The predicted octanol–water partition coefficient (Wildman–Crippen LogP) is 5.52. The van der Waals surface area contributed by atoms with E-state index in [-0.39, 0.29) is 33.7 Å². The van der Waals surface area contributed by atoms with Crippen molar-refractivity contribution in [1.29, 1.82) is 0 Å². The number of halogens is 5. The molecule has 2 fully saturated rings. The number of carbonyl (C=O) groups excluding carboxylic acids is 2. The van der Waals surface area contributed by atoms with Gasteiger partial charge in [-0.05, 0) is 60.1 Å². The summed E-state index contributed by atoms with van der Waals surface area (Å²) in [5.41, 5.74) is 7.83. The Bertz CT molecular complexity index is 1820. The van der Waals surface area contributed by atoms with Crippen molar-refractivity contribution in [1.82, 2.24) is 34.8 Å². The van der Waals surface area contributed by atoms with Gasteiger partial charge in [-0.3, -0.25) is 14.7 Å². The highest BCUT2D eigenvalue weighted by atomic mass is 35.5. The topological polar surface area (TPSA) is 146 Å². The Kier molecular flexibility index (Phi) is 8.61. The number of benzene rings is 2. The monoisotopic (exact) mass is 673 g/mol. The van der Waals surface area contributed by atoms with Crippen LogP contribution in [0.1, 0.15) is 60.0 Å². The SMILES string of the molecule is CN=C(N)N(C(=O)c1ccc(-c2cnn(C(F)F)c2)cc1)[C@H](COC(=O)N[C@H]1CC12CC2)c1ccc(Cl)c(-n2ncnc2C(F)F)c1. The normalized spacial score (nSPS) is 17.2. The summed E-state index contributed by atoms with van der Waals surface area (Å²) in [5, 5.41) is 10.4. The zero-order valence-electron chi connectivity index (χ0n) is 24.7. The lowest BCUT2D eigenvalue weighted by atomic mass is 10.0. The van der Waals surface area contributed by atoms with Crippen molar-refractivity contribution in [3.8, 4) is 16.8 Å². The number of rotatable bonds is 10. The molecule has 4 aromatic rings. The van der Waals surface area contributed by atoms with E-state index in [2.05, 4.69) is 25.5 Å². The molecule has 0 saturated heterocycles. The van der Waals surface area contributed by atoms with Crippen LogP contribution >= 0.6 is 11.6 Å². The summed E-state index contributed by atoms with van der Waals surface area (Å²) in [6.07, 6.45) is 2.69. The molecule has 2 aromatic heterocycles. The van der Waals surface area contributed by atoms with Gasteiger partial charge in [0.15, 0.2) is 11.8 Å². The van der Waals surface area contributed by atoms with Gasteiger partial charge in [0.25, 0.3) is 12.3 Å². The largest absolute Gasteiger partial charge is 0.447 e. The first-order valence-corrected chi connectivity index (χ1v) is 14.8. The first-order valence-electron chi connectivity index (χ1n) is 14.4. The van der Waals surface area contributed by atoms with Crippen molar-refractivity contribution in [3.05, 3.63) is 83.2 Å². The number of nitrogens with one attached hydrogen (secondary N) is 1. The number of amides is 2. The number of hydrogen-bond donors (Lipinski definition) is 2. The van der Waals surface area contributed by atoms with E-state index in [1.807, 2.05) is 0 Å². The van der Waals surface area contributed by atoms with Crippen molar-refractivity contribution in [2.24, 2.45) is 16.1 Å². The predicted molar refractivity (Wildman–Crippen MR) is 161 cm³/mol. The molecule has 2 saturated carbocycles. The Morgan fingerprint density at radius 1 is 1.15 bits per heavy atom. The molecule has 2 atom stereocenters. The van der Waals surface area contributed by atoms with E-state index in [9.17, 15) is 27.2 Å². The van der Waals surface area contributed by atoms with Gasteiger partial charge in [0.2, 0.25) is 0 Å². The van der Waals surface area contributed by atoms with E-state index in [1.165, 1.54) is 49.8 Å². The van der Waals surface area contributed by atoms with Crippen LogP contribution in [-0.4, -0.2) is 67.1 Å².